The molecule has 0 spiro atoms. The minimum absolute atomic E-state index is 0.0342. The van der Waals surface area contributed by atoms with Crippen molar-refractivity contribution < 1.29 is 14.7 Å². The Morgan fingerprint density at radius 1 is 1.15 bits per heavy atom. The summed E-state index contributed by atoms with van der Waals surface area (Å²) in [5.41, 5.74) is 2.54. The molecule has 3 heteroatoms. The highest BCUT2D eigenvalue weighted by Crippen LogP contribution is 2.32. The van der Waals surface area contributed by atoms with Crippen molar-refractivity contribution in [3.63, 3.8) is 0 Å². The molecule has 0 amide bonds. The summed E-state index contributed by atoms with van der Waals surface area (Å²) in [6, 6.07) is 0. The molecule has 0 radical (unpaired) electrons. The Kier molecular flexibility index (Phi) is 2.36. The van der Waals surface area contributed by atoms with Crippen molar-refractivity contribution in [2.75, 3.05) is 0 Å². The molecule has 1 aliphatic rings. The van der Waals surface area contributed by atoms with Crippen molar-refractivity contribution in [1.82, 2.24) is 0 Å². The summed E-state index contributed by atoms with van der Waals surface area (Å²) in [5, 5.41) is 8.81. The van der Waals surface area contributed by atoms with Crippen molar-refractivity contribution in [2.24, 2.45) is 0 Å². The Labute approximate surface area is 76.8 Å². The van der Waals surface area contributed by atoms with Crippen molar-refractivity contribution >= 4 is 11.8 Å². The fourth-order valence-electron chi connectivity index (χ4n) is 1.52. The highest BCUT2D eigenvalue weighted by atomic mass is 16.4. The van der Waals surface area contributed by atoms with Gasteiger partial charge in [-0.25, -0.2) is 4.79 Å². The van der Waals surface area contributed by atoms with E-state index >= 15 is 0 Å². The first kappa shape index (κ1) is 9.71. The van der Waals surface area contributed by atoms with Crippen LogP contribution in [0, 0.1) is 0 Å². The van der Waals surface area contributed by atoms with Gasteiger partial charge in [-0.1, -0.05) is 0 Å². The summed E-state index contributed by atoms with van der Waals surface area (Å²) >= 11 is 0. The van der Waals surface area contributed by atoms with Gasteiger partial charge in [0.2, 0.25) is 0 Å². The van der Waals surface area contributed by atoms with Crippen LogP contribution in [0.1, 0.15) is 27.2 Å². The molecule has 0 aliphatic heterocycles. The van der Waals surface area contributed by atoms with Crippen LogP contribution in [-0.4, -0.2) is 16.9 Å². The first-order valence-electron chi connectivity index (χ1n) is 4.09. The van der Waals surface area contributed by atoms with Gasteiger partial charge in [0.1, 0.15) is 0 Å². The first-order chi connectivity index (χ1) is 5.95. The summed E-state index contributed by atoms with van der Waals surface area (Å²) in [6.07, 6.45) is 0.280. The summed E-state index contributed by atoms with van der Waals surface area (Å²) < 4.78 is 0. The number of carbonyl (C=O) groups excluding carboxylic acids is 1. The zero-order valence-electron chi connectivity index (χ0n) is 7.97. The SMILES string of the molecule is CC(=O)C1=C(C)C(C)=C(C(=O)O)C1. The van der Waals surface area contributed by atoms with E-state index in [9.17, 15) is 9.59 Å². The molecule has 0 fully saturated rings. The second-order valence-corrected chi connectivity index (χ2v) is 3.25. The van der Waals surface area contributed by atoms with E-state index in [1.165, 1.54) is 6.92 Å². The lowest BCUT2D eigenvalue weighted by molar-refractivity contribution is -0.132. The molecule has 70 valence electrons. The molecule has 0 aromatic heterocycles. The maximum absolute atomic E-state index is 11.1. The molecule has 1 aliphatic carbocycles. The molecule has 0 atom stereocenters. The predicted octanol–water partition coefficient (Wildman–Crippen LogP) is 1.70. The van der Waals surface area contributed by atoms with Gasteiger partial charge in [0, 0.05) is 17.6 Å². The average Bonchev–Trinajstić information content (AvgIpc) is 2.29. The Morgan fingerprint density at radius 3 is 1.85 bits per heavy atom. The highest BCUT2D eigenvalue weighted by Gasteiger charge is 2.25. The van der Waals surface area contributed by atoms with Crippen LogP contribution in [0.15, 0.2) is 22.3 Å². The van der Waals surface area contributed by atoms with E-state index in [1.54, 1.807) is 13.8 Å². The average molecular weight is 180 g/mol. The lowest BCUT2D eigenvalue weighted by atomic mass is 10.1. The van der Waals surface area contributed by atoms with Gasteiger partial charge in [-0.05, 0) is 31.9 Å². The number of carboxylic acid groups (broad SMARTS) is 1. The van der Waals surface area contributed by atoms with E-state index in [1.807, 2.05) is 0 Å². The zero-order chi connectivity index (χ0) is 10.2. The molecule has 1 N–H and O–H groups in total. The Balaban J connectivity index is 3.08. The van der Waals surface area contributed by atoms with Gasteiger partial charge in [0.25, 0.3) is 0 Å². The molecule has 0 aromatic carbocycles. The zero-order valence-corrected chi connectivity index (χ0v) is 7.97. The van der Waals surface area contributed by atoms with Gasteiger partial charge in [-0.3, -0.25) is 4.79 Å². The Morgan fingerprint density at radius 2 is 1.62 bits per heavy atom. The lowest BCUT2D eigenvalue weighted by Gasteiger charge is -1.97. The smallest absolute Gasteiger partial charge is 0.332 e. The molecule has 1 rings (SSSR count). The number of carboxylic acids is 1. The number of hydrogen-bond acceptors (Lipinski definition) is 2. The second-order valence-electron chi connectivity index (χ2n) is 3.25. The van der Waals surface area contributed by atoms with Gasteiger partial charge in [0.15, 0.2) is 5.78 Å². The lowest BCUT2D eigenvalue weighted by Crippen LogP contribution is -2.02. The van der Waals surface area contributed by atoms with Crippen LogP contribution in [0.25, 0.3) is 0 Å². The molecule has 0 saturated carbocycles. The molecule has 3 nitrogen and oxygen atoms in total. The molecular formula is C10H12O3. The fourth-order valence-corrected chi connectivity index (χ4v) is 1.52. The minimum atomic E-state index is -0.923. The molecular weight excluding hydrogens is 168 g/mol. The number of carbonyl (C=O) groups is 2. The van der Waals surface area contributed by atoms with E-state index in [0.717, 1.165) is 11.1 Å². The van der Waals surface area contributed by atoms with E-state index in [0.29, 0.717) is 11.1 Å². The number of allylic oxidation sites excluding steroid dienone is 3. The fraction of sp³-hybridized carbons (Fsp3) is 0.400. The molecule has 0 aromatic rings. The van der Waals surface area contributed by atoms with E-state index in [4.69, 9.17) is 5.11 Å². The minimum Gasteiger partial charge on any atom is -0.478 e. The van der Waals surface area contributed by atoms with E-state index < -0.39 is 5.97 Å². The number of aliphatic carboxylic acids is 1. The number of rotatable bonds is 2. The number of ketones is 1. The van der Waals surface area contributed by atoms with Crippen LogP contribution < -0.4 is 0 Å². The van der Waals surface area contributed by atoms with Crippen molar-refractivity contribution in [3.05, 3.63) is 22.3 Å². The maximum atomic E-state index is 11.1. The van der Waals surface area contributed by atoms with Crippen LogP contribution in [0.3, 0.4) is 0 Å². The third-order valence-electron chi connectivity index (χ3n) is 2.50. The van der Waals surface area contributed by atoms with Crippen LogP contribution in [0.4, 0.5) is 0 Å². The van der Waals surface area contributed by atoms with Crippen LogP contribution in [0.2, 0.25) is 0 Å². The number of Topliss-reactive ketones (excluding diaryl/α,β-unsaturated/α-hetero) is 1. The van der Waals surface area contributed by atoms with Crippen LogP contribution in [0.5, 0.6) is 0 Å². The van der Waals surface area contributed by atoms with Crippen molar-refractivity contribution in [2.45, 2.75) is 27.2 Å². The highest BCUT2D eigenvalue weighted by molar-refractivity contribution is 6.01. The van der Waals surface area contributed by atoms with Gasteiger partial charge in [0.05, 0.1) is 0 Å². The molecule has 0 heterocycles. The molecule has 13 heavy (non-hydrogen) atoms. The summed E-state index contributed by atoms with van der Waals surface area (Å²) in [7, 11) is 0. The quantitative estimate of drug-likeness (QED) is 0.703. The normalized spacial score (nSPS) is 16.8. The van der Waals surface area contributed by atoms with Crippen molar-refractivity contribution in [1.29, 1.82) is 0 Å². The third-order valence-corrected chi connectivity index (χ3v) is 2.50. The van der Waals surface area contributed by atoms with Crippen molar-refractivity contribution in [3.8, 4) is 0 Å². The Hall–Kier alpha value is -1.38. The topological polar surface area (TPSA) is 54.4 Å². The molecule has 0 bridgehead atoms. The summed E-state index contributed by atoms with van der Waals surface area (Å²) in [6.45, 7) is 5.01. The molecule has 0 saturated heterocycles. The predicted molar refractivity (Wildman–Crippen MR) is 48.3 cm³/mol. The van der Waals surface area contributed by atoms with Crippen LogP contribution >= 0.6 is 0 Å². The van der Waals surface area contributed by atoms with Gasteiger partial charge < -0.3 is 5.11 Å². The second kappa shape index (κ2) is 3.17. The van der Waals surface area contributed by atoms with Gasteiger partial charge >= 0.3 is 5.97 Å². The summed E-state index contributed by atoms with van der Waals surface area (Å²) in [5.74, 6) is -0.957. The maximum Gasteiger partial charge on any atom is 0.332 e. The monoisotopic (exact) mass is 180 g/mol. The largest absolute Gasteiger partial charge is 0.478 e. The van der Waals surface area contributed by atoms with E-state index in [2.05, 4.69) is 0 Å². The van der Waals surface area contributed by atoms with Gasteiger partial charge in [-0.15, -0.1) is 0 Å². The Bertz CT molecular complexity index is 311. The van der Waals surface area contributed by atoms with E-state index in [-0.39, 0.29) is 12.2 Å². The van der Waals surface area contributed by atoms with Gasteiger partial charge in [-0.2, -0.15) is 0 Å². The standard InChI is InChI=1S/C10H12O3/c1-5-6(2)9(10(12)13)4-8(5)7(3)11/h4H2,1-3H3,(H,12,13). The van der Waals surface area contributed by atoms with Crippen LogP contribution in [-0.2, 0) is 9.59 Å². The molecule has 0 unspecified atom stereocenters. The third kappa shape index (κ3) is 1.54. The number of hydrogen-bond donors (Lipinski definition) is 1. The summed E-state index contributed by atoms with van der Waals surface area (Å²) in [4.78, 5) is 21.8. The first-order valence-corrected chi connectivity index (χ1v) is 4.09.